The highest BCUT2D eigenvalue weighted by atomic mass is 19.1. The summed E-state index contributed by atoms with van der Waals surface area (Å²) >= 11 is 0. The summed E-state index contributed by atoms with van der Waals surface area (Å²) in [5.74, 6) is 0.0424. The van der Waals surface area contributed by atoms with Gasteiger partial charge in [-0.25, -0.2) is 4.98 Å². The molecule has 2 nitrogen and oxygen atoms in total. The van der Waals surface area contributed by atoms with Crippen molar-refractivity contribution in [2.24, 2.45) is 0 Å². The summed E-state index contributed by atoms with van der Waals surface area (Å²) in [5, 5.41) is 0. The van der Waals surface area contributed by atoms with Crippen LogP contribution in [0.3, 0.4) is 0 Å². The molecular formula is C15H14FNO. The summed E-state index contributed by atoms with van der Waals surface area (Å²) in [6.07, 6.45) is 4.63. The Morgan fingerprint density at radius 2 is 2.11 bits per heavy atom. The van der Waals surface area contributed by atoms with E-state index in [0.717, 1.165) is 19.3 Å². The number of hydrogen-bond acceptors (Lipinski definition) is 2. The molecule has 92 valence electrons. The van der Waals surface area contributed by atoms with Crippen LogP contribution in [0.4, 0.5) is 4.39 Å². The lowest BCUT2D eigenvalue weighted by atomic mass is 9.89. The van der Waals surface area contributed by atoms with E-state index in [-0.39, 0.29) is 6.10 Å². The van der Waals surface area contributed by atoms with Crippen molar-refractivity contribution in [2.75, 3.05) is 0 Å². The van der Waals surface area contributed by atoms with Gasteiger partial charge in [0.2, 0.25) is 5.95 Å². The molecule has 0 spiro atoms. The monoisotopic (exact) mass is 243 g/mol. The Morgan fingerprint density at radius 1 is 1.22 bits per heavy atom. The number of nitrogens with zero attached hydrogens (tertiary/aromatic N) is 1. The van der Waals surface area contributed by atoms with Crippen molar-refractivity contribution in [2.45, 2.75) is 25.4 Å². The van der Waals surface area contributed by atoms with Gasteiger partial charge in [0.05, 0.1) is 0 Å². The molecule has 3 rings (SSSR count). The van der Waals surface area contributed by atoms with Gasteiger partial charge in [-0.2, -0.15) is 4.39 Å². The van der Waals surface area contributed by atoms with Gasteiger partial charge in [-0.1, -0.05) is 24.3 Å². The molecule has 1 atom stereocenters. The number of benzene rings is 1. The van der Waals surface area contributed by atoms with E-state index in [0.29, 0.717) is 5.75 Å². The third-order valence-electron chi connectivity index (χ3n) is 3.29. The lowest BCUT2D eigenvalue weighted by molar-refractivity contribution is 0.182. The van der Waals surface area contributed by atoms with Crippen LogP contribution < -0.4 is 4.74 Å². The van der Waals surface area contributed by atoms with E-state index >= 15 is 0 Å². The molecule has 1 aromatic carbocycles. The Balaban J connectivity index is 1.86. The largest absolute Gasteiger partial charge is 0.486 e. The van der Waals surface area contributed by atoms with Crippen molar-refractivity contribution in [3.8, 4) is 5.75 Å². The highest BCUT2D eigenvalue weighted by Crippen LogP contribution is 2.33. The second-order valence-electron chi connectivity index (χ2n) is 4.51. The summed E-state index contributed by atoms with van der Waals surface area (Å²) in [7, 11) is 0. The fourth-order valence-corrected chi connectivity index (χ4v) is 2.45. The summed E-state index contributed by atoms with van der Waals surface area (Å²) in [6, 6.07) is 11.3. The number of fused-ring (bicyclic) bond motifs is 1. The van der Waals surface area contributed by atoms with E-state index < -0.39 is 5.95 Å². The zero-order valence-electron chi connectivity index (χ0n) is 9.97. The van der Waals surface area contributed by atoms with Crippen molar-refractivity contribution in [1.29, 1.82) is 0 Å². The smallest absolute Gasteiger partial charge is 0.216 e. The first-order chi connectivity index (χ1) is 8.83. The van der Waals surface area contributed by atoms with Gasteiger partial charge in [-0.3, -0.25) is 0 Å². The molecule has 0 amide bonds. The molecule has 1 aromatic heterocycles. The fraction of sp³-hybridized carbons (Fsp3) is 0.267. The molecule has 0 aliphatic heterocycles. The maximum absolute atomic E-state index is 13.0. The minimum atomic E-state index is -0.503. The van der Waals surface area contributed by atoms with Crippen LogP contribution in [-0.4, -0.2) is 4.98 Å². The number of pyridine rings is 1. The van der Waals surface area contributed by atoms with Crippen molar-refractivity contribution in [3.63, 3.8) is 0 Å². The van der Waals surface area contributed by atoms with Crippen molar-refractivity contribution >= 4 is 0 Å². The number of aryl methyl sites for hydroxylation is 1. The maximum Gasteiger partial charge on any atom is 0.216 e. The first-order valence-corrected chi connectivity index (χ1v) is 6.19. The molecular weight excluding hydrogens is 229 g/mol. The first kappa shape index (κ1) is 11.2. The highest BCUT2D eigenvalue weighted by molar-refractivity contribution is 5.32. The Labute approximate surface area is 105 Å². The van der Waals surface area contributed by atoms with Crippen molar-refractivity contribution in [1.82, 2.24) is 4.98 Å². The van der Waals surface area contributed by atoms with E-state index in [1.807, 2.05) is 12.1 Å². The molecule has 2 aromatic rings. The molecule has 1 heterocycles. The Hall–Kier alpha value is -1.90. The number of ether oxygens (including phenoxy) is 1. The standard InChI is InChI=1S/C15H14FNO/c16-15-10-12(8-9-17-15)18-14-7-3-5-11-4-1-2-6-13(11)14/h1-2,4,6,8-10,14H,3,5,7H2. The molecule has 1 aliphatic rings. The van der Waals surface area contributed by atoms with E-state index in [2.05, 4.69) is 17.1 Å². The number of halogens is 1. The Kier molecular flexibility index (Phi) is 2.97. The predicted molar refractivity (Wildman–Crippen MR) is 66.9 cm³/mol. The molecule has 0 saturated carbocycles. The van der Waals surface area contributed by atoms with Gasteiger partial charge in [0.25, 0.3) is 0 Å². The average Bonchev–Trinajstić information content (AvgIpc) is 2.39. The quantitative estimate of drug-likeness (QED) is 0.751. The van der Waals surface area contributed by atoms with Gasteiger partial charge in [-0.15, -0.1) is 0 Å². The minimum absolute atomic E-state index is 0.0248. The highest BCUT2D eigenvalue weighted by Gasteiger charge is 2.21. The molecule has 18 heavy (non-hydrogen) atoms. The molecule has 3 heteroatoms. The van der Waals surface area contributed by atoms with Crippen LogP contribution in [0.15, 0.2) is 42.6 Å². The van der Waals surface area contributed by atoms with Crippen molar-refractivity contribution < 1.29 is 9.13 Å². The molecule has 0 N–H and O–H groups in total. The van der Waals surface area contributed by atoms with Gasteiger partial charge < -0.3 is 4.74 Å². The minimum Gasteiger partial charge on any atom is -0.486 e. The molecule has 0 bridgehead atoms. The zero-order chi connectivity index (χ0) is 12.4. The third-order valence-corrected chi connectivity index (χ3v) is 3.29. The van der Waals surface area contributed by atoms with Crippen LogP contribution in [-0.2, 0) is 6.42 Å². The number of rotatable bonds is 2. The summed E-state index contributed by atoms with van der Waals surface area (Å²) in [4.78, 5) is 3.53. The lowest BCUT2D eigenvalue weighted by Crippen LogP contribution is -2.15. The van der Waals surface area contributed by atoms with Crippen LogP contribution in [0.1, 0.15) is 30.1 Å². The summed E-state index contributed by atoms with van der Waals surface area (Å²) in [6.45, 7) is 0. The molecule has 1 unspecified atom stereocenters. The van der Waals surface area contributed by atoms with E-state index in [1.54, 1.807) is 6.07 Å². The van der Waals surface area contributed by atoms with E-state index in [1.165, 1.54) is 23.4 Å². The first-order valence-electron chi connectivity index (χ1n) is 6.19. The van der Waals surface area contributed by atoms with Crippen LogP contribution >= 0.6 is 0 Å². The topological polar surface area (TPSA) is 22.1 Å². The molecule has 0 radical (unpaired) electrons. The average molecular weight is 243 g/mol. The van der Waals surface area contributed by atoms with Gasteiger partial charge in [0, 0.05) is 12.3 Å². The second-order valence-corrected chi connectivity index (χ2v) is 4.51. The van der Waals surface area contributed by atoms with Crippen LogP contribution in [0.5, 0.6) is 5.75 Å². The third kappa shape index (κ3) is 2.21. The van der Waals surface area contributed by atoms with Gasteiger partial charge in [-0.05, 0) is 36.5 Å². The molecule has 0 fully saturated rings. The molecule has 1 aliphatic carbocycles. The van der Waals surface area contributed by atoms with Gasteiger partial charge >= 0.3 is 0 Å². The maximum atomic E-state index is 13.0. The van der Waals surface area contributed by atoms with E-state index in [4.69, 9.17) is 4.74 Å². The summed E-state index contributed by atoms with van der Waals surface area (Å²) in [5.41, 5.74) is 2.56. The Bertz CT molecular complexity index is 556. The number of hydrogen-bond donors (Lipinski definition) is 0. The van der Waals surface area contributed by atoms with Crippen LogP contribution in [0.2, 0.25) is 0 Å². The summed E-state index contributed by atoms with van der Waals surface area (Å²) < 4.78 is 18.9. The molecule has 0 saturated heterocycles. The van der Waals surface area contributed by atoms with Crippen LogP contribution in [0.25, 0.3) is 0 Å². The van der Waals surface area contributed by atoms with Gasteiger partial charge in [0.1, 0.15) is 11.9 Å². The predicted octanol–water partition coefficient (Wildman–Crippen LogP) is 3.68. The zero-order valence-corrected chi connectivity index (χ0v) is 9.97. The SMILES string of the molecule is Fc1cc(OC2CCCc3ccccc32)ccn1. The van der Waals surface area contributed by atoms with Gasteiger partial charge in [0.15, 0.2) is 0 Å². The normalized spacial score (nSPS) is 18.2. The number of aromatic nitrogens is 1. The van der Waals surface area contributed by atoms with Crippen molar-refractivity contribution in [3.05, 3.63) is 59.7 Å². The van der Waals surface area contributed by atoms with E-state index in [9.17, 15) is 4.39 Å². The Morgan fingerprint density at radius 3 is 3.00 bits per heavy atom. The van der Waals surface area contributed by atoms with Crippen LogP contribution in [0, 0.1) is 5.95 Å². The second kappa shape index (κ2) is 4.77. The lowest BCUT2D eigenvalue weighted by Gasteiger charge is -2.26. The fourth-order valence-electron chi connectivity index (χ4n) is 2.45.